The maximum absolute atomic E-state index is 13.0. The fourth-order valence-corrected chi connectivity index (χ4v) is 3.06. The van der Waals surface area contributed by atoms with Gasteiger partial charge in [-0.25, -0.2) is 0 Å². The first kappa shape index (κ1) is 22.8. The van der Waals surface area contributed by atoms with Crippen LogP contribution in [0.3, 0.4) is 0 Å². The lowest BCUT2D eigenvalue weighted by atomic mass is 10.1. The fraction of sp³-hybridized carbons (Fsp3) is 0.174. The van der Waals surface area contributed by atoms with Gasteiger partial charge in [-0.2, -0.15) is 13.2 Å². The van der Waals surface area contributed by atoms with Crippen molar-refractivity contribution >= 4 is 34.2 Å². The molecule has 3 aromatic carbocycles. The second-order valence-corrected chi connectivity index (χ2v) is 7.09. The van der Waals surface area contributed by atoms with E-state index in [1.807, 2.05) is 24.3 Å². The average Bonchev–Trinajstić information content (AvgIpc) is 2.76. The molecular formula is C23H20F3N3O3. The lowest BCUT2D eigenvalue weighted by molar-refractivity contribution is -0.137. The van der Waals surface area contributed by atoms with Gasteiger partial charge in [0.05, 0.1) is 24.3 Å². The first-order valence-corrected chi connectivity index (χ1v) is 9.62. The topological polar surface area (TPSA) is 78.5 Å². The van der Waals surface area contributed by atoms with Crippen LogP contribution in [-0.2, 0) is 15.8 Å². The number of amides is 3. The van der Waals surface area contributed by atoms with Crippen molar-refractivity contribution in [2.45, 2.75) is 6.18 Å². The van der Waals surface area contributed by atoms with Crippen LogP contribution in [0.25, 0.3) is 10.8 Å². The second-order valence-electron chi connectivity index (χ2n) is 7.09. The molecule has 6 nitrogen and oxygen atoms in total. The van der Waals surface area contributed by atoms with Crippen molar-refractivity contribution < 1.29 is 27.6 Å². The van der Waals surface area contributed by atoms with Crippen molar-refractivity contribution in [2.75, 3.05) is 25.5 Å². The van der Waals surface area contributed by atoms with Crippen LogP contribution in [0.2, 0.25) is 0 Å². The van der Waals surface area contributed by atoms with Crippen LogP contribution in [-0.4, -0.2) is 42.8 Å². The van der Waals surface area contributed by atoms with Crippen molar-refractivity contribution in [3.05, 3.63) is 77.9 Å². The van der Waals surface area contributed by atoms with Crippen molar-refractivity contribution in [3.63, 3.8) is 0 Å². The molecule has 0 heterocycles. The highest BCUT2D eigenvalue weighted by atomic mass is 19.4. The van der Waals surface area contributed by atoms with Crippen LogP contribution in [0.1, 0.15) is 15.9 Å². The van der Waals surface area contributed by atoms with E-state index in [9.17, 15) is 27.6 Å². The molecule has 9 heteroatoms. The van der Waals surface area contributed by atoms with Gasteiger partial charge in [-0.3, -0.25) is 14.4 Å². The molecule has 166 valence electrons. The Bertz CT molecular complexity index is 1160. The normalized spacial score (nSPS) is 11.1. The Morgan fingerprint density at radius 1 is 0.906 bits per heavy atom. The van der Waals surface area contributed by atoms with Gasteiger partial charge in [0.2, 0.25) is 11.8 Å². The minimum Gasteiger partial charge on any atom is -0.343 e. The fourth-order valence-electron chi connectivity index (χ4n) is 3.06. The Balaban J connectivity index is 1.54. The molecule has 0 atom stereocenters. The van der Waals surface area contributed by atoms with Crippen LogP contribution in [0.4, 0.5) is 18.9 Å². The van der Waals surface area contributed by atoms with Crippen LogP contribution < -0.4 is 10.6 Å². The molecule has 0 aromatic heterocycles. The maximum Gasteiger partial charge on any atom is 0.418 e. The van der Waals surface area contributed by atoms with E-state index < -0.39 is 41.7 Å². The third kappa shape index (κ3) is 5.63. The number of carbonyl (C=O) groups excluding carboxylic acids is 3. The predicted molar refractivity (Wildman–Crippen MR) is 114 cm³/mol. The summed E-state index contributed by atoms with van der Waals surface area (Å²) in [4.78, 5) is 37.8. The lowest BCUT2D eigenvalue weighted by Crippen LogP contribution is -2.41. The van der Waals surface area contributed by atoms with Gasteiger partial charge in [0.1, 0.15) is 0 Å². The molecule has 0 spiro atoms. The first-order chi connectivity index (χ1) is 15.1. The zero-order chi connectivity index (χ0) is 23.3. The largest absolute Gasteiger partial charge is 0.418 e. The van der Waals surface area contributed by atoms with E-state index in [0.29, 0.717) is 5.56 Å². The number of rotatable bonds is 6. The zero-order valence-electron chi connectivity index (χ0n) is 17.1. The minimum atomic E-state index is -4.63. The van der Waals surface area contributed by atoms with Crippen molar-refractivity contribution in [1.29, 1.82) is 0 Å². The molecule has 0 bridgehead atoms. The van der Waals surface area contributed by atoms with Gasteiger partial charge in [0.25, 0.3) is 5.91 Å². The Hall–Kier alpha value is -3.88. The Morgan fingerprint density at radius 2 is 1.56 bits per heavy atom. The van der Waals surface area contributed by atoms with Crippen LogP contribution >= 0.6 is 0 Å². The van der Waals surface area contributed by atoms with Gasteiger partial charge in [0, 0.05) is 12.6 Å². The van der Waals surface area contributed by atoms with Crippen LogP contribution in [0, 0.1) is 0 Å². The Morgan fingerprint density at radius 3 is 2.28 bits per heavy atom. The van der Waals surface area contributed by atoms with E-state index >= 15 is 0 Å². The summed E-state index contributed by atoms with van der Waals surface area (Å²) in [6.45, 7) is -0.842. The molecule has 0 fully saturated rings. The number of carbonyl (C=O) groups is 3. The summed E-state index contributed by atoms with van der Waals surface area (Å²) < 4.78 is 39.1. The van der Waals surface area contributed by atoms with Gasteiger partial charge in [-0.15, -0.1) is 0 Å². The number of hydrogen-bond donors (Lipinski definition) is 2. The summed E-state index contributed by atoms with van der Waals surface area (Å²) >= 11 is 0. The molecule has 3 amide bonds. The summed E-state index contributed by atoms with van der Waals surface area (Å²) in [6.07, 6.45) is -4.63. The molecule has 0 radical (unpaired) electrons. The van der Waals surface area contributed by atoms with Crippen LogP contribution in [0.5, 0.6) is 0 Å². The number of fused-ring (bicyclic) bond motifs is 1. The molecule has 2 N–H and O–H groups in total. The Labute approximate surface area is 182 Å². The number of nitrogens with one attached hydrogen (secondary N) is 2. The number of halogens is 3. The van der Waals surface area contributed by atoms with Crippen molar-refractivity contribution in [2.24, 2.45) is 0 Å². The quantitative estimate of drug-likeness (QED) is 0.610. The van der Waals surface area contributed by atoms with E-state index in [-0.39, 0.29) is 6.54 Å². The zero-order valence-corrected chi connectivity index (χ0v) is 17.1. The third-order valence-corrected chi connectivity index (χ3v) is 4.72. The summed E-state index contributed by atoms with van der Waals surface area (Å²) in [5, 5.41) is 6.50. The maximum atomic E-state index is 13.0. The van der Waals surface area contributed by atoms with Gasteiger partial charge in [-0.05, 0) is 35.0 Å². The summed E-state index contributed by atoms with van der Waals surface area (Å²) in [5.41, 5.74) is -0.999. The smallest absolute Gasteiger partial charge is 0.343 e. The molecule has 0 aliphatic heterocycles. The number of para-hydroxylation sites is 1. The number of alkyl halides is 3. The molecule has 0 aliphatic rings. The van der Waals surface area contributed by atoms with Gasteiger partial charge in [0.15, 0.2) is 0 Å². The molecule has 3 rings (SSSR count). The molecular weight excluding hydrogens is 423 g/mol. The number of nitrogens with zero attached hydrogens (tertiary/aromatic N) is 1. The minimum absolute atomic E-state index is 0.366. The monoisotopic (exact) mass is 443 g/mol. The molecule has 0 saturated heterocycles. The second kappa shape index (κ2) is 9.51. The average molecular weight is 443 g/mol. The highest BCUT2D eigenvalue weighted by Gasteiger charge is 2.33. The molecule has 0 unspecified atom stereocenters. The van der Waals surface area contributed by atoms with Gasteiger partial charge < -0.3 is 15.5 Å². The van der Waals surface area contributed by atoms with Crippen molar-refractivity contribution in [3.8, 4) is 0 Å². The third-order valence-electron chi connectivity index (χ3n) is 4.72. The SMILES string of the molecule is CN(CC(=O)Nc1ccccc1C(F)(F)F)C(=O)CNC(=O)c1ccc2ccccc2c1. The predicted octanol–water partition coefficient (Wildman–Crippen LogP) is 3.69. The lowest BCUT2D eigenvalue weighted by Gasteiger charge is -2.18. The highest BCUT2D eigenvalue weighted by molar-refractivity contribution is 6.00. The van der Waals surface area contributed by atoms with Crippen molar-refractivity contribution in [1.82, 2.24) is 10.2 Å². The highest BCUT2D eigenvalue weighted by Crippen LogP contribution is 2.34. The number of likely N-dealkylation sites (N-methyl/N-ethyl adjacent to an activating group) is 1. The molecule has 3 aromatic rings. The summed E-state index contributed by atoms with van der Waals surface area (Å²) in [7, 11) is 1.32. The Kier molecular flexibility index (Phi) is 6.77. The summed E-state index contributed by atoms with van der Waals surface area (Å²) in [5.74, 6) is -1.82. The summed E-state index contributed by atoms with van der Waals surface area (Å²) in [6, 6.07) is 17.2. The van der Waals surface area contributed by atoms with E-state index in [1.54, 1.807) is 18.2 Å². The van der Waals surface area contributed by atoms with E-state index in [2.05, 4.69) is 10.6 Å². The first-order valence-electron chi connectivity index (χ1n) is 9.62. The number of anilines is 1. The van der Waals surface area contributed by atoms with Gasteiger partial charge in [-0.1, -0.05) is 42.5 Å². The van der Waals surface area contributed by atoms with E-state index in [4.69, 9.17) is 0 Å². The van der Waals surface area contributed by atoms with E-state index in [1.165, 1.54) is 19.2 Å². The molecule has 0 aliphatic carbocycles. The molecule has 32 heavy (non-hydrogen) atoms. The van der Waals surface area contributed by atoms with Crippen LogP contribution in [0.15, 0.2) is 66.7 Å². The van der Waals surface area contributed by atoms with Gasteiger partial charge >= 0.3 is 6.18 Å². The number of benzene rings is 3. The van der Waals surface area contributed by atoms with E-state index in [0.717, 1.165) is 27.8 Å². The number of hydrogen-bond acceptors (Lipinski definition) is 3. The standard InChI is InChI=1S/C23H20F3N3O3/c1-29(14-20(30)28-19-9-5-4-8-18(19)23(24,25)26)21(31)13-27-22(32)17-11-10-15-6-2-3-7-16(15)12-17/h2-12H,13-14H2,1H3,(H,27,32)(H,28,30). The molecule has 0 saturated carbocycles.